The Morgan fingerprint density at radius 2 is 2.65 bits per heavy atom. The summed E-state index contributed by atoms with van der Waals surface area (Å²) < 4.78 is 5.35. The molecule has 1 N–H and O–H groups in total. The highest BCUT2D eigenvalue weighted by atomic mass is 35.5. The predicted octanol–water partition coefficient (Wildman–Crippen LogP) is 1.14. The van der Waals surface area contributed by atoms with Crippen LogP contribution in [0.3, 0.4) is 0 Å². The minimum Gasteiger partial charge on any atom is -0.377 e. The monoisotopic (exact) mass is 275 g/mol. The number of aromatic nitrogens is 1. The van der Waals surface area contributed by atoms with E-state index in [4.69, 9.17) is 16.3 Å². The van der Waals surface area contributed by atoms with E-state index in [2.05, 4.69) is 10.3 Å². The predicted molar refractivity (Wildman–Crippen MR) is 67.8 cm³/mol. The smallest absolute Gasteiger partial charge is 0.245 e. The van der Waals surface area contributed by atoms with E-state index in [-0.39, 0.29) is 11.9 Å². The van der Waals surface area contributed by atoms with Crippen LogP contribution in [0.1, 0.15) is 6.92 Å². The van der Waals surface area contributed by atoms with E-state index in [0.717, 1.165) is 5.13 Å². The number of hydrogen-bond acceptors (Lipinski definition) is 5. The van der Waals surface area contributed by atoms with Crippen LogP contribution in [0.4, 0.5) is 5.13 Å². The summed E-state index contributed by atoms with van der Waals surface area (Å²) in [7, 11) is 0. The lowest BCUT2D eigenvalue weighted by Crippen LogP contribution is -2.54. The summed E-state index contributed by atoms with van der Waals surface area (Å²) in [6, 6.07) is -0.314. The number of nitrogens with zero attached hydrogens (tertiary/aromatic N) is 2. The normalized spacial score (nSPS) is 20.4. The van der Waals surface area contributed by atoms with Gasteiger partial charge in [-0.2, -0.15) is 0 Å². The maximum absolute atomic E-state index is 11.9. The molecule has 0 saturated carbocycles. The van der Waals surface area contributed by atoms with E-state index in [9.17, 15) is 4.79 Å². The number of carbonyl (C=O) groups is 1. The molecule has 1 unspecified atom stereocenters. The molecule has 1 aliphatic heterocycles. The second-order valence-electron chi connectivity index (χ2n) is 3.63. The zero-order valence-electron chi connectivity index (χ0n) is 9.48. The maximum Gasteiger partial charge on any atom is 0.245 e. The molecule has 94 valence electrons. The summed E-state index contributed by atoms with van der Waals surface area (Å²) in [5.41, 5.74) is 0. The Bertz CT molecular complexity index is 399. The van der Waals surface area contributed by atoms with Crippen molar-refractivity contribution >= 4 is 34.0 Å². The van der Waals surface area contributed by atoms with Crippen LogP contribution in [-0.2, 0) is 9.53 Å². The Hall–Kier alpha value is -0.850. The molecule has 1 aliphatic rings. The van der Waals surface area contributed by atoms with Crippen molar-refractivity contribution in [3.63, 3.8) is 0 Å². The van der Waals surface area contributed by atoms with Gasteiger partial charge in [0.15, 0.2) is 5.13 Å². The van der Waals surface area contributed by atoms with Gasteiger partial charge in [0.1, 0.15) is 11.2 Å². The average Bonchev–Trinajstić information content (AvgIpc) is 2.76. The Morgan fingerprint density at radius 1 is 1.82 bits per heavy atom. The number of hydrogen-bond donors (Lipinski definition) is 1. The molecule has 7 heteroatoms. The number of amides is 1. The third-order valence-electron chi connectivity index (χ3n) is 2.49. The van der Waals surface area contributed by atoms with Gasteiger partial charge >= 0.3 is 0 Å². The highest BCUT2D eigenvalue weighted by molar-refractivity contribution is 7.14. The molecule has 0 spiro atoms. The van der Waals surface area contributed by atoms with E-state index in [1.807, 2.05) is 11.8 Å². The van der Waals surface area contributed by atoms with Gasteiger partial charge in [-0.1, -0.05) is 11.6 Å². The van der Waals surface area contributed by atoms with Gasteiger partial charge in [-0.15, -0.1) is 11.3 Å². The maximum atomic E-state index is 11.9. The minimum absolute atomic E-state index is 0.0291. The fraction of sp³-hybridized carbons (Fsp3) is 0.600. The molecular weight excluding hydrogens is 262 g/mol. The Morgan fingerprint density at radius 3 is 3.29 bits per heavy atom. The lowest BCUT2D eigenvalue weighted by molar-refractivity contribution is -0.124. The summed E-state index contributed by atoms with van der Waals surface area (Å²) in [5, 5.41) is 5.81. The first-order valence-electron chi connectivity index (χ1n) is 5.45. The van der Waals surface area contributed by atoms with Crippen molar-refractivity contribution in [1.82, 2.24) is 10.3 Å². The molecular formula is C10H14ClN3O2S. The second kappa shape index (κ2) is 5.66. The molecule has 2 heterocycles. The lowest BCUT2D eigenvalue weighted by Gasteiger charge is -2.34. The van der Waals surface area contributed by atoms with Crippen LogP contribution >= 0.6 is 22.9 Å². The number of carbonyl (C=O) groups excluding carboxylic acids is 1. The van der Waals surface area contributed by atoms with Gasteiger partial charge < -0.3 is 15.0 Å². The molecule has 5 nitrogen and oxygen atoms in total. The van der Waals surface area contributed by atoms with Gasteiger partial charge in [0, 0.05) is 18.5 Å². The third kappa shape index (κ3) is 2.88. The van der Waals surface area contributed by atoms with Crippen molar-refractivity contribution in [2.75, 3.05) is 31.2 Å². The van der Waals surface area contributed by atoms with E-state index in [1.165, 1.54) is 11.3 Å². The highest BCUT2D eigenvalue weighted by Gasteiger charge is 2.30. The number of anilines is 1. The molecule has 1 aromatic heterocycles. The van der Waals surface area contributed by atoms with E-state index >= 15 is 0 Å². The average molecular weight is 276 g/mol. The van der Waals surface area contributed by atoms with Crippen LogP contribution in [0.15, 0.2) is 5.38 Å². The molecule has 2 rings (SSSR count). The minimum atomic E-state index is -0.314. The summed E-state index contributed by atoms with van der Waals surface area (Å²) in [6.45, 7) is 4.16. The van der Waals surface area contributed by atoms with Gasteiger partial charge in [0.2, 0.25) is 5.91 Å². The van der Waals surface area contributed by atoms with Crippen molar-refractivity contribution < 1.29 is 9.53 Å². The van der Waals surface area contributed by atoms with Crippen LogP contribution in [0.25, 0.3) is 0 Å². The summed E-state index contributed by atoms with van der Waals surface area (Å²) in [4.78, 5) is 18.1. The SMILES string of the molecule is CCNC(=O)C1COCCN1c1nc(Cl)cs1. The van der Waals surface area contributed by atoms with Gasteiger partial charge in [-0.05, 0) is 6.92 Å². The molecule has 17 heavy (non-hydrogen) atoms. The quantitative estimate of drug-likeness (QED) is 0.899. The number of halogens is 1. The first-order chi connectivity index (χ1) is 8.22. The first-order valence-corrected chi connectivity index (χ1v) is 6.71. The van der Waals surface area contributed by atoms with Crippen LogP contribution < -0.4 is 10.2 Å². The molecule has 0 aliphatic carbocycles. The molecule has 0 bridgehead atoms. The molecule has 1 atom stereocenters. The number of ether oxygens (including phenoxy) is 1. The number of thiazole rings is 1. The lowest BCUT2D eigenvalue weighted by atomic mass is 10.2. The third-order valence-corrected chi connectivity index (χ3v) is 3.69. The molecule has 0 aromatic carbocycles. The fourth-order valence-electron chi connectivity index (χ4n) is 1.72. The Labute approximate surface area is 109 Å². The van der Waals surface area contributed by atoms with Gasteiger partial charge in [-0.3, -0.25) is 4.79 Å². The summed E-state index contributed by atoms with van der Waals surface area (Å²) in [5.74, 6) is -0.0291. The molecule has 1 saturated heterocycles. The van der Waals surface area contributed by atoms with Crippen LogP contribution in [0.2, 0.25) is 5.15 Å². The van der Waals surface area contributed by atoms with Crippen LogP contribution in [0, 0.1) is 0 Å². The van der Waals surface area contributed by atoms with E-state index in [0.29, 0.717) is 31.5 Å². The number of likely N-dealkylation sites (N-methyl/N-ethyl adjacent to an activating group) is 1. The van der Waals surface area contributed by atoms with Crippen molar-refractivity contribution in [3.05, 3.63) is 10.5 Å². The number of rotatable bonds is 3. The number of nitrogens with one attached hydrogen (secondary N) is 1. The molecule has 1 fully saturated rings. The summed E-state index contributed by atoms with van der Waals surface area (Å²) >= 11 is 7.25. The molecule has 0 radical (unpaired) electrons. The first kappa shape index (κ1) is 12.6. The van der Waals surface area contributed by atoms with Crippen molar-refractivity contribution in [1.29, 1.82) is 0 Å². The molecule has 1 amide bonds. The van der Waals surface area contributed by atoms with E-state index in [1.54, 1.807) is 5.38 Å². The number of morpholine rings is 1. The Balaban J connectivity index is 2.14. The van der Waals surface area contributed by atoms with Crippen LogP contribution in [-0.4, -0.2) is 43.2 Å². The zero-order chi connectivity index (χ0) is 12.3. The van der Waals surface area contributed by atoms with Crippen molar-refractivity contribution in [3.8, 4) is 0 Å². The van der Waals surface area contributed by atoms with Crippen molar-refractivity contribution in [2.24, 2.45) is 0 Å². The zero-order valence-corrected chi connectivity index (χ0v) is 11.1. The topological polar surface area (TPSA) is 54.5 Å². The summed E-state index contributed by atoms with van der Waals surface area (Å²) in [6.07, 6.45) is 0. The van der Waals surface area contributed by atoms with Gasteiger partial charge in [0.25, 0.3) is 0 Å². The van der Waals surface area contributed by atoms with Crippen LogP contribution in [0.5, 0.6) is 0 Å². The van der Waals surface area contributed by atoms with Crippen molar-refractivity contribution in [2.45, 2.75) is 13.0 Å². The fourth-order valence-corrected chi connectivity index (χ4v) is 2.74. The Kier molecular flexibility index (Phi) is 4.20. The van der Waals surface area contributed by atoms with Gasteiger partial charge in [0.05, 0.1) is 13.2 Å². The standard InChI is InChI=1S/C10H14ClN3O2S/c1-2-12-9(15)7-5-16-4-3-14(7)10-13-8(11)6-17-10/h6-7H,2-5H2,1H3,(H,12,15). The van der Waals surface area contributed by atoms with E-state index < -0.39 is 0 Å². The highest BCUT2D eigenvalue weighted by Crippen LogP contribution is 2.26. The molecule has 1 aromatic rings. The van der Waals surface area contributed by atoms with Gasteiger partial charge in [-0.25, -0.2) is 4.98 Å². The largest absolute Gasteiger partial charge is 0.377 e. The second-order valence-corrected chi connectivity index (χ2v) is 4.86.